The molecule has 19 heavy (non-hydrogen) atoms. The van der Waals surface area contributed by atoms with E-state index in [2.05, 4.69) is 10.3 Å². The predicted molar refractivity (Wildman–Crippen MR) is 81.8 cm³/mol. The number of hydrogen-bond acceptors (Lipinski definition) is 4. The number of hydrogen-bond donors (Lipinski definition) is 2. The standard InChI is InChI=1S/C11H11Cl2N3O2.BrH/c1-14-4-7-15-9-8(11(18)16(7)2)5(12)3-6(13)10(9)17;/h3,14,17H,4H2,1-2H3;1H. The maximum absolute atomic E-state index is 12.2. The molecule has 0 saturated heterocycles. The molecular formula is C11H12BrCl2N3O2. The van der Waals surface area contributed by atoms with E-state index in [1.165, 1.54) is 10.6 Å². The van der Waals surface area contributed by atoms with Gasteiger partial charge in [0, 0.05) is 7.05 Å². The van der Waals surface area contributed by atoms with Crippen molar-refractivity contribution in [2.24, 2.45) is 7.05 Å². The molecular weight excluding hydrogens is 357 g/mol. The molecule has 0 saturated carbocycles. The fraction of sp³-hybridized carbons (Fsp3) is 0.273. The van der Waals surface area contributed by atoms with Crippen LogP contribution in [0.2, 0.25) is 10.0 Å². The zero-order valence-corrected chi connectivity index (χ0v) is 13.4. The number of aromatic hydroxyl groups is 1. The molecule has 0 radical (unpaired) electrons. The lowest BCUT2D eigenvalue weighted by molar-refractivity contribution is 0.480. The topological polar surface area (TPSA) is 67.2 Å². The van der Waals surface area contributed by atoms with Crippen LogP contribution in [0.3, 0.4) is 0 Å². The summed E-state index contributed by atoms with van der Waals surface area (Å²) >= 11 is 11.8. The Hall–Kier alpha value is -0.820. The van der Waals surface area contributed by atoms with Crippen molar-refractivity contribution in [3.63, 3.8) is 0 Å². The van der Waals surface area contributed by atoms with Gasteiger partial charge in [0.15, 0.2) is 5.75 Å². The molecule has 0 aliphatic carbocycles. The van der Waals surface area contributed by atoms with Crippen molar-refractivity contribution in [3.05, 3.63) is 32.3 Å². The Morgan fingerprint density at radius 1 is 1.42 bits per heavy atom. The number of benzene rings is 1. The van der Waals surface area contributed by atoms with Crippen LogP contribution < -0.4 is 10.9 Å². The van der Waals surface area contributed by atoms with E-state index in [1.54, 1.807) is 14.1 Å². The highest BCUT2D eigenvalue weighted by Gasteiger charge is 2.16. The van der Waals surface area contributed by atoms with Crippen molar-refractivity contribution in [3.8, 4) is 5.75 Å². The molecule has 0 spiro atoms. The molecule has 0 amide bonds. The summed E-state index contributed by atoms with van der Waals surface area (Å²) in [6, 6.07) is 1.33. The summed E-state index contributed by atoms with van der Waals surface area (Å²) in [6.07, 6.45) is 0. The minimum absolute atomic E-state index is 0. The normalized spacial score (nSPS) is 10.5. The maximum Gasteiger partial charge on any atom is 0.262 e. The summed E-state index contributed by atoms with van der Waals surface area (Å²) < 4.78 is 1.39. The van der Waals surface area contributed by atoms with Crippen LogP contribution in [0.1, 0.15) is 5.82 Å². The summed E-state index contributed by atoms with van der Waals surface area (Å²) in [5.41, 5.74) is -0.192. The van der Waals surface area contributed by atoms with Crippen LogP contribution in [0, 0.1) is 0 Å². The molecule has 1 aromatic heterocycles. The number of phenols is 1. The van der Waals surface area contributed by atoms with Gasteiger partial charge in [0.2, 0.25) is 0 Å². The Labute approximate surface area is 129 Å². The minimum atomic E-state index is -0.317. The van der Waals surface area contributed by atoms with Crippen LogP contribution in [-0.4, -0.2) is 21.7 Å². The Balaban J connectivity index is 0.00000180. The van der Waals surface area contributed by atoms with Crippen LogP contribution in [0.5, 0.6) is 5.75 Å². The van der Waals surface area contributed by atoms with Gasteiger partial charge in [-0.2, -0.15) is 0 Å². The SMILES string of the molecule is Br.CNCc1nc2c(O)c(Cl)cc(Cl)c2c(=O)n1C. The molecule has 1 aromatic carbocycles. The number of aromatic nitrogens is 2. The molecule has 0 bridgehead atoms. The van der Waals surface area contributed by atoms with Gasteiger partial charge in [-0.15, -0.1) is 17.0 Å². The molecule has 2 N–H and O–H groups in total. The molecule has 0 fully saturated rings. The summed E-state index contributed by atoms with van der Waals surface area (Å²) in [7, 11) is 3.34. The van der Waals surface area contributed by atoms with E-state index in [-0.39, 0.29) is 49.2 Å². The van der Waals surface area contributed by atoms with Crippen molar-refractivity contribution >= 4 is 51.1 Å². The molecule has 0 aliphatic rings. The number of nitrogens with zero attached hydrogens (tertiary/aromatic N) is 2. The Kier molecular flexibility index (Phi) is 5.20. The Bertz CT molecular complexity index is 688. The van der Waals surface area contributed by atoms with E-state index in [4.69, 9.17) is 23.2 Å². The van der Waals surface area contributed by atoms with Crippen molar-refractivity contribution < 1.29 is 5.11 Å². The molecule has 2 rings (SSSR count). The molecule has 1 heterocycles. The first kappa shape index (κ1) is 16.2. The first-order valence-corrected chi connectivity index (χ1v) is 5.94. The van der Waals surface area contributed by atoms with Crippen molar-refractivity contribution in [1.29, 1.82) is 0 Å². The number of phenolic OH excluding ortho intramolecular Hbond substituents is 1. The number of rotatable bonds is 2. The third kappa shape index (κ3) is 2.72. The first-order valence-electron chi connectivity index (χ1n) is 5.18. The van der Waals surface area contributed by atoms with Gasteiger partial charge in [-0.05, 0) is 13.1 Å². The van der Waals surface area contributed by atoms with Crippen molar-refractivity contribution in [2.45, 2.75) is 6.54 Å². The number of halogens is 3. The largest absolute Gasteiger partial charge is 0.504 e. The summed E-state index contributed by atoms with van der Waals surface area (Å²) in [5.74, 6) is 0.259. The fourth-order valence-corrected chi connectivity index (χ4v) is 2.25. The van der Waals surface area contributed by atoms with Gasteiger partial charge in [0.05, 0.1) is 22.0 Å². The summed E-state index contributed by atoms with van der Waals surface area (Å²) in [6.45, 7) is 0.394. The molecule has 2 aromatic rings. The molecule has 0 atom stereocenters. The lowest BCUT2D eigenvalue weighted by Gasteiger charge is -2.11. The highest BCUT2D eigenvalue weighted by atomic mass is 79.9. The summed E-state index contributed by atoms with van der Waals surface area (Å²) in [5, 5.41) is 13.2. The molecule has 8 heteroatoms. The highest BCUT2D eigenvalue weighted by molar-refractivity contribution is 8.93. The second-order valence-corrected chi connectivity index (χ2v) is 4.65. The van der Waals surface area contributed by atoms with Crippen LogP contribution in [0.15, 0.2) is 10.9 Å². The quantitative estimate of drug-likeness (QED) is 0.853. The van der Waals surface area contributed by atoms with Crippen LogP contribution >= 0.6 is 40.2 Å². The monoisotopic (exact) mass is 367 g/mol. The molecule has 0 unspecified atom stereocenters. The third-order valence-electron chi connectivity index (χ3n) is 2.66. The average molecular weight is 369 g/mol. The Morgan fingerprint density at radius 2 is 2.05 bits per heavy atom. The molecule has 5 nitrogen and oxygen atoms in total. The molecule has 104 valence electrons. The van der Waals surface area contributed by atoms with Gasteiger partial charge in [-0.3, -0.25) is 9.36 Å². The fourth-order valence-electron chi connectivity index (χ4n) is 1.71. The zero-order chi connectivity index (χ0) is 13.4. The van der Waals surface area contributed by atoms with E-state index in [0.29, 0.717) is 12.4 Å². The number of nitrogens with one attached hydrogen (secondary N) is 1. The van der Waals surface area contributed by atoms with Gasteiger partial charge in [0.25, 0.3) is 5.56 Å². The average Bonchev–Trinajstić information content (AvgIpc) is 2.32. The second kappa shape index (κ2) is 6.09. The van der Waals surface area contributed by atoms with E-state index < -0.39 is 0 Å². The molecule has 0 aliphatic heterocycles. The maximum atomic E-state index is 12.2. The second-order valence-electron chi connectivity index (χ2n) is 3.83. The van der Waals surface area contributed by atoms with Crippen molar-refractivity contribution in [2.75, 3.05) is 7.05 Å². The predicted octanol–water partition coefficient (Wildman–Crippen LogP) is 2.24. The van der Waals surface area contributed by atoms with Crippen molar-refractivity contribution in [1.82, 2.24) is 14.9 Å². The lowest BCUT2D eigenvalue weighted by Crippen LogP contribution is -2.25. The van der Waals surface area contributed by atoms with Gasteiger partial charge in [-0.1, -0.05) is 23.2 Å². The lowest BCUT2D eigenvalue weighted by atomic mass is 10.2. The van der Waals surface area contributed by atoms with E-state index in [1.807, 2.05) is 0 Å². The number of fused-ring (bicyclic) bond motifs is 1. The van der Waals surface area contributed by atoms with Gasteiger partial charge in [-0.25, -0.2) is 4.98 Å². The smallest absolute Gasteiger partial charge is 0.262 e. The zero-order valence-electron chi connectivity index (χ0n) is 10.2. The highest BCUT2D eigenvalue weighted by Crippen LogP contribution is 2.34. The van der Waals surface area contributed by atoms with Crippen LogP contribution in [-0.2, 0) is 13.6 Å². The van der Waals surface area contributed by atoms with Crippen LogP contribution in [0.4, 0.5) is 0 Å². The van der Waals surface area contributed by atoms with E-state index in [0.717, 1.165) is 0 Å². The van der Waals surface area contributed by atoms with Crippen LogP contribution in [0.25, 0.3) is 10.9 Å². The van der Waals surface area contributed by atoms with Gasteiger partial charge < -0.3 is 10.4 Å². The van der Waals surface area contributed by atoms with E-state index >= 15 is 0 Å². The minimum Gasteiger partial charge on any atom is -0.504 e. The summed E-state index contributed by atoms with van der Waals surface area (Å²) in [4.78, 5) is 16.4. The first-order chi connectivity index (χ1) is 8.47. The van der Waals surface area contributed by atoms with Gasteiger partial charge in [0.1, 0.15) is 11.3 Å². The Morgan fingerprint density at radius 3 is 2.63 bits per heavy atom. The van der Waals surface area contributed by atoms with E-state index in [9.17, 15) is 9.90 Å². The third-order valence-corrected chi connectivity index (χ3v) is 3.25. The van der Waals surface area contributed by atoms with Gasteiger partial charge >= 0.3 is 0 Å².